The average Bonchev–Trinajstić information content (AvgIpc) is 2.75. The lowest BCUT2D eigenvalue weighted by Crippen LogP contribution is -2.55. The lowest BCUT2D eigenvalue weighted by Gasteiger charge is -2.44. The van der Waals surface area contributed by atoms with Gasteiger partial charge in [-0.2, -0.15) is 0 Å². The Balaban J connectivity index is 1.22. The molecule has 0 amide bonds. The van der Waals surface area contributed by atoms with Crippen molar-refractivity contribution in [2.75, 3.05) is 50.7 Å². The summed E-state index contributed by atoms with van der Waals surface area (Å²) in [4.78, 5) is 7.90. The van der Waals surface area contributed by atoms with E-state index in [4.69, 9.17) is 11.6 Å². The Morgan fingerprint density at radius 1 is 0.893 bits per heavy atom. The highest BCUT2D eigenvalue weighted by Gasteiger charge is 2.28. The van der Waals surface area contributed by atoms with Gasteiger partial charge in [-0.1, -0.05) is 48.0 Å². The molecule has 0 saturated carbocycles. The average molecular weight is 398 g/mol. The number of piperazine rings is 1. The Bertz CT molecular complexity index is 728. The van der Waals surface area contributed by atoms with E-state index < -0.39 is 0 Å². The van der Waals surface area contributed by atoms with E-state index in [1.54, 1.807) is 0 Å². The van der Waals surface area contributed by atoms with Gasteiger partial charge in [0.1, 0.15) is 0 Å². The van der Waals surface area contributed by atoms with Crippen molar-refractivity contribution in [2.45, 2.75) is 31.7 Å². The molecule has 4 heteroatoms. The van der Waals surface area contributed by atoms with Gasteiger partial charge in [0.2, 0.25) is 0 Å². The predicted molar refractivity (Wildman–Crippen MR) is 119 cm³/mol. The van der Waals surface area contributed by atoms with Gasteiger partial charge in [0.15, 0.2) is 0 Å². The number of anilines is 1. The summed E-state index contributed by atoms with van der Waals surface area (Å²) in [5, 5.41) is 0.832. The van der Waals surface area contributed by atoms with Crippen molar-refractivity contribution < 1.29 is 0 Å². The number of likely N-dealkylation sites (tertiary alicyclic amines) is 1. The van der Waals surface area contributed by atoms with Crippen molar-refractivity contribution in [3.63, 3.8) is 0 Å². The summed E-state index contributed by atoms with van der Waals surface area (Å²) in [6.07, 6.45) is 5.15. The van der Waals surface area contributed by atoms with Gasteiger partial charge in [0, 0.05) is 49.5 Å². The van der Waals surface area contributed by atoms with Gasteiger partial charge >= 0.3 is 0 Å². The van der Waals surface area contributed by atoms with Gasteiger partial charge < -0.3 is 9.80 Å². The summed E-state index contributed by atoms with van der Waals surface area (Å²) >= 11 is 6.17. The topological polar surface area (TPSA) is 9.72 Å². The second-order valence-electron chi connectivity index (χ2n) is 8.19. The molecule has 0 aliphatic carbocycles. The smallest absolute Gasteiger partial charge is 0.0426 e. The summed E-state index contributed by atoms with van der Waals surface area (Å²) in [7, 11) is 0. The highest BCUT2D eigenvalue weighted by atomic mass is 35.5. The third-order valence-corrected chi connectivity index (χ3v) is 6.50. The Morgan fingerprint density at radius 2 is 1.71 bits per heavy atom. The summed E-state index contributed by atoms with van der Waals surface area (Å²) in [6, 6.07) is 19.9. The Labute approximate surface area is 174 Å². The fraction of sp³-hybridized carbons (Fsp3) is 0.500. The molecule has 4 rings (SSSR count). The quantitative estimate of drug-likeness (QED) is 0.707. The van der Waals surface area contributed by atoms with Crippen LogP contribution in [0, 0.1) is 0 Å². The molecule has 1 atom stereocenters. The van der Waals surface area contributed by atoms with Crippen LogP contribution in [0.25, 0.3) is 0 Å². The monoisotopic (exact) mass is 397 g/mol. The van der Waals surface area contributed by atoms with Crippen molar-refractivity contribution >= 4 is 17.3 Å². The zero-order valence-electron chi connectivity index (χ0n) is 16.8. The van der Waals surface area contributed by atoms with Crippen molar-refractivity contribution in [1.29, 1.82) is 0 Å². The number of halogens is 1. The molecule has 0 bridgehead atoms. The second-order valence-corrected chi connectivity index (χ2v) is 8.63. The standard InChI is InChI=1S/C24H32ClN3/c25-22-10-4-11-23(19-22)27-15-17-28(18-16-27)24-12-6-14-26(20-24)13-5-9-21-7-2-1-3-8-21/h1-4,7-8,10-11,19,24H,5-6,9,12-18,20H2/t24-/m0/s1. The highest BCUT2D eigenvalue weighted by Crippen LogP contribution is 2.23. The number of nitrogens with zero attached hydrogens (tertiary/aromatic N) is 3. The van der Waals surface area contributed by atoms with E-state index in [-0.39, 0.29) is 0 Å². The maximum atomic E-state index is 6.17. The van der Waals surface area contributed by atoms with E-state index in [2.05, 4.69) is 63.2 Å². The zero-order valence-corrected chi connectivity index (χ0v) is 17.5. The minimum Gasteiger partial charge on any atom is -0.369 e. The van der Waals surface area contributed by atoms with E-state index >= 15 is 0 Å². The minimum atomic E-state index is 0.729. The molecular weight excluding hydrogens is 366 g/mol. The first-order chi connectivity index (χ1) is 13.8. The van der Waals surface area contributed by atoms with Crippen LogP contribution in [0.4, 0.5) is 5.69 Å². The predicted octanol–water partition coefficient (Wildman–Crippen LogP) is 4.56. The number of hydrogen-bond acceptors (Lipinski definition) is 3. The van der Waals surface area contributed by atoms with Crippen LogP contribution in [0.3, 0.4) is 0 Å². The molecular formula is C24H32ClN3. The number of piperidine rings is 1. The van der Waals surface area contributed by atoms with Gasteiger partial charge in [-0.25, -0.2) is 0 Å². The number of benzene rings is 2. The molecule has 3 nitrogen and oxygen atoms in total. The van der Waals surface area contributed by atoms with Gasteiger partial charge in [-0.3, -0.25) is 4.90 Å². The Hall–Kier alpha value is -1.55. The molecule has 2 aliphatic heterocycles. The van der Waals surface area contributed by atoms with Crippen LogP contribution in [0.15, 0.2) is 54.6 Å². The summed E-state index contributed by atoms with van der Waals surface area (Å²) in [5.41, 5.74) is 2.73. The van der Waals surface area contributed by atoms with Crippen molar-refractivity contribution in [3.05, 3.63) is 65.2 Å². The normalized spacial score (nSPS) is 21.8. The van der Waals surface area contributed by atoms with Crippen LogP contribution >= 0.6 is 11.6 Å². The van der Waals surface area contributed by atoms with E-state index in [0.717, 1.165) is 37.2 Å². The zero-order chi connectivity index (χ0) is 19.2. The number of rotatable bonds is 6. The summed E-state index contributed by atoms with van der Waals surface area (Å²) in [5.74, 6) is 0. The minimum absolute atomic E-state index is 0.729. The molecule has 150 valence electrons. The Morgan fingerprint density at radius 3 is 2.50 bits per heavy atom. The summed E-state index contributed by atoms with van der Waals surface area (Å²) in [6.45, 7) is 8.27. The molecule has 2 aromatic rings. The van der Waals surface area contributed by atoms with Gasteiger partial charge in [0.05, 0.1) is 0 Å². The van der Waals surface area contributed by atoms with Gasteiger partial charge in [-0.15, -0.1) is 0 Å². The number of hydrogen-bond donors (Lipinski definition) is 0. The van der Waals surface area contributed by atoms with Crippen LogP contribution in [0.2, 0.25) is 5.02 Å². The number of aryl methyl sites for hydroxylation is 1. The van der Waals surface area contributed by atoms with Gasteiger partial charge in [-0.05, 0) is 62.5 Å². The molecule has 0 aromatic heterocycles. The fourth-order valence-electron chi connectivity index (χ4n) is 4.70. The third-order valence-electron chi connectivity index (χ3n) is 6.27. The molecule has 0 spiro atoms. The third kappa shape index (κ3) is 5.28. The lowest BCUT2D eigenvalue weighted by molar-refractivity contribution is 0.0920. The SMILES string of the molecule is Clc1cccc(N2CCN([C@H]3CCCN(CCCc4ccccc4)C3)CC2)c1. The summed E-state index contributed by atoms with van der Waals surface area (Å²) < 4.78 is 0. The van der Waals surface area contributed by atoms with Crippen LogP contribution in [0.5, 0.6) is 0 Å². The molecule has 2 heterocycles. The van der Waals surface area contributed by atoms with E-state index in [1.165, 1.54) is 56.6 Å². The molecule has 0 N–H and O–H groups in total. The van der Waals surface area contributed by atoms with Crippen LogP contribution in [-0.4, -0.2) is 61.7 Å². The van der Waals surface area contributed by atoms with E-state index in [1.807, 2.05) is 6.07 Å². The molecule has 0 unspecified atom stereocenters. The molecule has 0 radical (unpaired) electrons. The lowest BCUT2D eigenvalue weighted by atomic mass is 10.0. The molecule has 2 fully saturated rings. The highest BCUT2D eigenvalue weighted by molar-refractivity contribution is 6.30. The fourth-order valence-corrected chi connectivity index (χ4v) is 4.89. The van der Waals surface area contributed by atoms with Crippen molar-refractivity contribution in [2.24, 2.45) is 0 Å². The molecule has 28 heavy (non-hydrogen) atoms. The van der Waals surface area contributed by atoms with Crippen LogP contribution < -0.4 is 4.90 Å². The molecule has 2 saturated heterocycles. The first kappa shape index (κ1) is 19.8. The largest absolute Gasteiger partial charge is 0.369 e. The van der Waals surface area contributed by atoms with Crippen LogP contribution in [0.1, 0.15) is 24.8 Å². The molecule has 2 aliphatic rings. The Kier molecular flexibility index (Phi) is 6.90. The van der Waals surface area contributed by atoms with Crippen LogP contribution in [-0.2, 0) is 6.42 Å². The molecule has 2 aromatic carbocycles. The maximum Gasteiger partial charge on any atom is 0.0426 e. The second kappa shape index (κ2) is 9.78. The van der Waals surface area contributed by atoms with Gasteiger partial charge in [0.25, 0.3) is 0 Å². The van der Waals surface area contributed by atoms with E-state index in [0.29, 0.717) is 0 Å². The first-order valence-corrected chi connectivity index (χ1v) is 11.2. The van der Waals surface area contributed by atoms with Crippen molar-refractivity contribution in [3.8, 4) is 0 Å². The van der Waals surface area contributed by atoms with Crippen molar-refractivity contribution in [1.82, 2.24) is 9.80 Å². The first-order valence-electron chi connectivity index (χ1n) is 10.8. The maximum absolute atomic E-state index is 6.17. The van der Waals surface area contributed by atoms with E-state index in [9.17, 15) is 0 Å².